The van der Waals surface area contributed by atoms with Gasteiger partial charge in [0.05, 0.1) is 0 Å². The molecule has 7 heteroatoms. The highest BCUT2D eigenvalue weighted by Gasteiger charge is 2.24. The van der Waals surface area contributed by atoms with Gasteiger partial charge in [0.1, 0.15) is 24.0 Å². The molecule has 160 valence electrons. The molecule has 0 radical (unpaired) electrons. The fourth-order valence-electron chi connectivity index (χ4n) is 2.60. The summed E-state index contributed by atoms with van der Waals surface area (Å²) in [5.41, 5.74) is 0.742. The molecule has 0 spiro atoms. The summed E-state index contributed by atoms with van der Waals surface area (Å²) in [6.07, 6.45) is -0.904. The van der Waals surface area contributed by atoms with Crippen LogP contribution in [0, 0.1) is 0 Å². The summed E-state index contributed by atoms with van der Waals surface area (Å²) >= 11 is 0. The number of ether oxygens (including phenoxy) is 2. The van der Waals surface area contributed by atoms with Gasteiger partial charge in [-0.2, -0.15) is 0 Å². The Morgan fingerprint density at radius 3 is 2.20 bits per heavy atom. The number of carbonyl (C=O) groups is 3. The zero-order valence-electron chi connectivity index (χ0n) is 17.4. The predicted molar refractivity (Wildman–Crippen MR) is 112 cm³/mol. The number of alkyl carbamates (subject to hydrolysis) is 1. The van der Waals surface area contributed by atoms with Crippen molar-refractivity contribution in [1.29, 1.82) is 0 Å². The molecular weight excluding hydrogens is 386 g/mol. The number of rotatable bonds is 9. The van der Waals surface area contributed by atoms with E-state index in [1.807, 2.05) is 30.3 Å². The monoisotopic (exact) mass is 413 g/mol. The maximum absolute atomic E-state index is 12.4. The summed E-state index contributed by atoms with van der Waals surface area (Å²) in [5.74, 6) is -0.814. The SMILES string of the molecule is CC(C)(C)OC(=O)NC(CCC(=O)c1ccc(OCc2ccccc2)cc1)C(=O)O. The molecule has 0 saturated heterocycles. The van der Waals surface area contributed by atoms with Crippen LogP contribution in [0.3, 0.4) is 0 Å². The Bertz CT molecular complexity index is 856. The maximum Gasteiger partial charge on any atom is 0.408 e. The molecular formula is C23H27NO6. The first-order valence-corrected chi connectivity index (χ1v) is 9.66. The second-order valence-electron chi connectivity index (χ2n) is 7.80. The minimum absolute atomic E-state index is 0.0308. The Morgan fingerprint density at radius 2 is 1.63 bits per heavy atom. The number of hydrogen-bond acceptors (Lipinski definition) is 5. The van der Waals surface area contributed by atoms with Crippen LogP contribution in [0.4, 0.5) is 4.79 Å². The van der Waals surface area contributed by atoms with Crippen LogP contribution in [0.1, 0.15) is 49.5 Å². The first kappa shape index (κ1) is 22.9. The van der Waals surface area contributed by atoms with Crippen molar-refractivity contribution in [1.82, 2.24) is 5.32 Å². The Hall–Kier alpha value is -3.35. The van der Waals surface area contributed by atoms with Crippen LogP contribution in [-0.4, -0.2) is 34.6 Å². The van der Waals surface area contributed by atoms with Crippen molar-refractivity contribution >= 4 is 17.8 Å². The fraction of sp³-hybridized carbons (Fsp3) is 0.348. The third-order valence-electron chi connectivity index (χ3n) is 4.07. The van der Waals surface area contributed by atoms with Crippen molar-refractivity contribution < 1.29 is 29.0 Å². The minimum atomic E-state index is -1.22. The number of amides is 1. The number of aliphatic carboxylic acids is 1. The quantitative estimate of drug-likeness (QED) is 0.597. The number of Topliss-reactive ketones (excluding diaryl/α,β-unsaturated/α-hetero) is 1. The van der Waals surface area contributed by atoms with E-state index in [1.165, 1.54) is 0 Å². The number of carbonyl (C=O) groups excluding carboxylic acids is 2. The number of hydrogen-bond donors (Lipinski definition) is 2. The Kier molecular flexibility index (Phi) is 7.98. The predicted octanol–water partition coefficient (Wildman–Crippen LogP) is 4.21. The molecule has 2 aromatic carbocycles. The molecule has 1 unspecified atom stereocenters. The van der Waals surface area contributed by atoms with Crippen molar-refractivity contribution in [3.63, 3.8) is 0 Å². The lowest BCUT2D eigenvalue weighted by atomic mass is 10.0. The summed E-state index contributed by atoms with van der Waals surface area (Å²) in [6.45, 7) is 5.46. The third-order valence-corrected chi connectivity index (χ3v) is 4.07. The molecule has 30 heavy (non-hydrogen) atoms. The average Bonchev–Trinajstić information content (AvgIpc) is 2.69. The van der Waals surface area contributed by atoms with Gasteiger partial charge in [0.25, 0.3) is 0 Å². The molecule has 0 heterocycles. The second-order valence-corrected chi connectivity index (χ2v) is 7.80. The van der Waals surface area contributed by atoms with Crippen molar-refractivity contribution in [2.45, 2.75) is 51.9 Å². The third kappa shape index (κ3) is 7.95. The number of carboxylic acids is 1. The molecule has 2 rings (SSSR count). The Morgan fingerprint density at radius 1 is 1.00 bits per heavy atom. The smallest absolute Gasteiger partial charge is 0.408 e. The lowest BCUT2D eigenvalue weighted by molar-refractivity contribution is -0.139. The first-order chi connectivity index (χ1) is 14.1. The van der Waals surface area contributed by atoms with Gasteiger partial charge in [0.2, 0.25) is 0 Å². The Labute approximate surface area is 176 Å². The highest BCUT2D eigenvalue weighted by atomic mass is 16.6. The highest BCUT2D eigenvalue weighted by molar-refractivity contribution is 5.96. The van der Waals surface area contributed by atoms with E-state index in [2.05, 4.69) is 5.32 Å². The summed E-state index contributed by atoms with van der Waals surface area (Å²) in [6, 6.07) is 15.2. The van der Waals surface area contributed by atoms with Gasteiger partial charge in [-0.3, -0.25) is 4.79 Å². The van der Waals surface area contributed by atoms with Gasteiger partial charge < -0.3 is 19.9 Å². The number of benzene rings is 2. The largest absolute Gasteiger partial charge is 0.489 e. The van der Waals surface area contributed by atoms with Crippen LogP contribution in [0.25, 0.3) is 0 Å². The highest BCUT2D eigenvalue weighted by Crippen LogP contribution is 2.16. The van der Waals surface area contributed by atoms with E-state index in [1.54, 1.807) is 45.0 Å². The molecule has 0 aliphatic heterocycles. The standard InChI is InChI=1S/C23H27NO6/c1-23(2,3)30-22(28)24-19(21(26)27)13-14-20(25)17-9-11-18(12-10-17)29-15-16-7-5-4-6-8-16/h4-12,19H,13-15H2,1-3H3,(H,24,28)(H,26,27). The van der Waals surface area contributed by atoms with Crippen molar-refractivity contribution in [3.8, 4) is 5.75 Å². The zero-order valence-corrected chi connectivity index (χ0v) is 17.4. The van der Waals surface area contributed by atoms with Gasteiger partial charge in [-0.05, 0) is 57.0 Å². The van der Waals surface area contributed by atoms with E-state index in [0.29, 0.717) is 17.9 Å². The summed E-state index contributed by atoms with van der Waals surface area (Å²) in [5, 5.41) is 11.6. The van der Waals surface area contributed by atoms with E-state index in [0.717, 1.165) is 5.56 Å². The van der Waals surface area contributed by atoms with E-state index in [-0.39, 0.29) is 18.6 Å². The Balaban J connectivity index is 1.86. The number of ketones is 1. The summed E-state index contributed by atoms with van der Waals surface area (Å²) in [7, 11) is 0. The van der Waals surface area contributed by atoms with Crippen LogP contribution < -0.4 is 10.1 Å². The van der Waals surface area contributed by atoms with Crippen LogP contribution in [0.15, 0.2) is 54.6 Å². The minimum Gasteiger partial charge on any atom is -0.489 e. The van der Waals surface area contributed by atoms with Gasteiger partial charge in [-0.15, -0.1) is 0 Å². The number of carboxylic acid groups (broad SMARTS) is 1. The van der Waals surface area contributed by atoms with Crippen LogP contribution >= 0.6 is 0 Å². The van der Waals surface area contributed by atoms with Crippen LogP contribution in [0.2, 0.25) is 0 Å². The lowest BCUT2D eigenvalue weighted by Crippen LogP contribution is -2.43. The topological polar surface area (TPSA) is 102 Å². The lowest BCUT2D eigenvalue weighted by Gasteiger charge is -2.21. The normalized spacial score (nSPS) is 12.0. The second kappa shape index (κ2) is 10.4. The molecule has 0 saturated carbocycles. The van der Waals surface area contributed by atoms with Gasteiger partial charge >= 0.3 is 12.1 Å². The molecule has 7 nitrogen and oxygen atoms in total. The summed E-state index contributed by atoms with van der Waals surface area (Å²) in [4.78, 5) is 35.6. The van der Waals surface area contributed by atoms with Gasteiger partial charge in [0.15, 0.2) is 5.78 Å². The van der Waals surface area contributed by atoms with Crippen molar-refractivity contribution in [3.05, 3.63) is 65.7 Å². The molecule has 0 bridgehead atoms. The molecule has 2 N–H and O–H groups in total. The molecule has 0 aliphatic carbocycles. The molecule has 2 aromatic rings. The van der Waals surface area contributed by atoms with Crippen LogP contribution in [-0.2, 0) is 16.1 Å². The number of nitrogens with one attached hydrogen (secondary N) is 1. The first-order valence-electron chi connectivity index (χ1n) is 9.66. The van der Waals surface area contributed by atoms with Crippen LogP contribution in [0.5, 0.6) is 5.75 Å². The van der Waals surface area contributed by atoms with E-state index in [4.69, 9.17) is 9.47 Å². The maximum atomic E-state index is 12.4. The molecule has 1 amide bonds. The van der Waals surface area contributed by atoms with Crippen molar-refractivity contribution in [2.24, 2.45) is 0 Å². The van der Waals surface area contributed by atoms with E-state index in [9.17, 15) is 19.5 Å². The fourth-order valence-corrected chi connectivity index (χ4v) is 2.60. The average molecular weight is 413 g/mol. The van der Waals surface area contributed by atoms with Crippen molar-refractivity contribution in [2.75, 3.05) is 0 Å². The van der Waals surface area contributed by atoms with Gasteiger partial charge in [-0.1, -0.05) is 30.3 Å². The zero-order chi connectivity index (χ0) is 22.1. The molecule has 0 aliphatic rings. The van der Waals surface area contributed by atoms with E-state index < -0.39 is 23.7 Å². The van der Waals surface area contributed by atoms with E-state index >= 15 is 0 Å². The van der Waals surface area contributed by atoms with Gasteiger partial charge in [0, 0.05) is 12.0 Å². The molecule has 0 fully saturated rings. The molecule has 0 aromatic heterocycles. The molecule has 1 atom stereocenters. The van der Waals surface area contributed by atoms with Gasteiger partial charge in [-0.25, -0.2) is 9.59 Å². The summed E-state index contributed by atoms with van der Waals surface area (Å²) < 4.78 is 10.8.